The fourth-order valence-corrected chi connectivity index (χ4v) is 1.50. The van der Waals surface area contributed by atoms with Crippen LogP contribution in [0, 0.1) is 0 Å². The van der Waals surface area contributed by atoms with Crippen LogP contribution in [0.1, 0.15) is 19.0 Å². The summed E-state index contributed by atoms with van der Waals surface area (Å²) in [7, 11) is 0. The summed E-state index contributed by atoms with van der Waals surface area (Å²) in [5.74, 6) is 0.907. The molecule has 0 aliphatic rings. The Morgan fingerprint density at radius 2 is 2.00 bits per heavy atom. The first kappa shape index (κ1) is 12.4. The van der Waals surface area contributed by atoms with E-state index in [0.717, 1.165) is 30.2 Å². The number of hydrogen-bond acceptors (Lipinski definition) is 4. The van der Waals surface area contributed by atoms with E-state index in [1.54, 1.807) is 12.5 Å². The number of aromatic nitrogens is 2. The Labute approximate surface area is 107 Å². The number of hydrogen-bond donors (Lipinski definition) is 1. The molecule has 0 unspecified atom stereocenters. The molecule has 1 aromatic heterocycles. The molecule has 0 saturated heterocycles. The van der Waals surface area contributed by atoms with E-state index in [0.29, 0.717) is 6.54 Å². The van der Waals surface area contributed by atoms with Gasteiger partial charge in [0, 0.05) is 11.9 Å². The summed E-state index contributed by atoms with van der Waals surface area (Å²) in [6.07, 6.45) is 4.32. The van der Waals surface area contributed by atoms with E-state index >= 15 is 0 Å². The Morgan fingerprint density at radius 3 is 2.67 bits per heavy atom. The van der Waals surface area contributed by atoms with E-state index in [1.165, 1.54) is 0 Å². The van der Waals surface area contributed by atoms with Gasteiger partial charge in [0.05, 0.1) is 18.8 Å². The summed E-state index contributed by atoms with van der Waals surface area (Å²) in [6, 6.07) is 9.85. The first-order chi connectivity index (χ1) is 8.88. The van der Waals surface area contributed by atoms with Gasteiger partial charge >= 0.3 is 0 Å². The summed E-state index contributed by atoms with van der Waals surface area (Å²) in [5, 5.41) is 3.30. The molecule has 0 aliphatic heterocycles. The van der Waals surface area contributed by atoms with Crippen LogP contribution in [0.5, 0.6) is 5.75 Å². The largest absolute Gasteiger partial charge is 0.494 e. The van der Waals surface area contributed by atoms with Crippen LogP contribution < -0.4 is 10.1 Å². The summed E-state index contributed by atoms with van der Waals surface area (Å²) >= 11 is 0. The van der Waals surface area contributed by atoms with Crippen molar-refractivity contribution in [2.45, 2.75) is 19.9 Å². The molecule has 0 bridgehead atoms. The molecule has 0 aliphatic carbocycles. The molecule has 0 atom stereocenters. The average Bonchev–Trinajstić information content (AvgIpc) is 2.45. The van der Waals surface area contributed by atoms with Crippen molar-refractivity contribution in [1.82, 2.24) is 9.97 Å². The van der Waals surface area contributed by atoms with Crippen LogP contribution in [0.3, 0.4) is 0 Å². The second kappa shape index (κ2) is 6.59. The van der Waals surface area contributed by atoms with Gasteiger partial charge in [0.25, 0.3) is 0 Å². The second-order valence-corrected chi connectivity index (χ2v) is 3.93. The van der Waals surface area contributed by atoms with Crippen LogP contribution in [0.2, 0.25) is 0 Å². The Hall–Kier alpha value is -2.10. The average molecular weight is 243 g/mol. The van der Waals surface area contributed by atoms with Gasteiger partial charge in [0.15, 0.2) is 0 Å². The number of nitrogens with zero attached hydrogens (tertiary/aromatic N) is 2. The third kappa shape index (κ3) is 3.73. The fraction of sp³-hybridized carbons (Fsp3) is 0.286. The van der Waals surface area contributed by atoms with Gasteiger partial charge in [-0.25, -0.2) is 9.97 Å². The van der Waals surface area contributed by atoms with Gasteiger partial charge in [0.2, 0.25) is 0 Å². The van der Waals surface area contributed by atoms with Crippen molar-refractivity contribution in [2.75, 3.05) is 11.9 Å². The lowest BCUT2D eigenvalue weighted by Gasteiger charge is -2.08. The molecule has 2 rings (SSSR count). The molecule has 18 heavy (non-hydrogen) atoms. The standard InChI is InChI=1S/C14H17N3O/c1-2-9-18-14-5-3-12(4-6-14)16-10-13-7-8-15-11-17-13/h3-8,11,16H,2,9-10H2,1H3. The minimum atomic E-state index is 0.692. The predicted molar refractivity (Wildman–Crippen MR) is 71.6 cm³/mol. The number of anilines is 1. The molecule has 1 aromatic carbocycles. The van der Waals surface area contributed by atoms with Crippen molar-refractivity contribution in [1.29, 1.82) is 0 Å². The molecular formula is C14H17N3O. The molecule has 4 heteroatoms. The van der Waals surface area contributed by atoms with E-state index < -0.39 is 0 Å². The Morgan fingerprint density at radius 1 is 1.17 bits per heavy atom. The van der Waals surface area contributed by atoms with Crippen molar-refractivity contribution in [2.24, 2.45) is 0 Å². The highest BCUT2D eigenvalue weighted by Crippen LogP contribution is 2.16. The van der Waals surface area contributed by atoms with E-state index in [-0.39, 0.29) is 0 Å². The minimum absolute atomic E-state index is 0.692. The molecule has 2 aromatic rings. The van der Waals surface area contributed by atoms with E-state index in [2.05, 4.69) is 22.2 Å². The quantitative estimate of drug-likeness (QED) is 0.847. The molecular weight excluding hydrogens is 226 g/mol. The molecule has 0 amide bonds. The Kier molecular flexibility index (Phi) is 4.53. The molecule has 0 fully saturated rings. The molecule has 0 radical (unpaired) electrons. The predicted octanol–water partition coefficient (Wildman–Crippen LogP) is 2.88. The van der Waals surface area contributed by atoms with Crippen LogP contribution in [-0.2, 0) is 6.54 Å². The normalized spacial score (nSPS) is 10.1. The van der Waals surface area contributed by atoms with Gasteiger partial charge in [0.1, 0.15) is 12.1 Å². The molecule has 1 heterocycles. The lowest BCUT2D eigenvalue weighted by atomic mass is 10.3. The summed E-state index contributed by atoms with van der Waals surface area (Å²) in [6.45, 7) is 3.54. The zero-order valence-electron chi connectivity index (χ0n) is 10.5. The fourth-order valence-electron chi connectivity index (χ4n) is 1.50. The monoisotopic (exact) mass is 243 g/mol. The van der Waals surface area contributed by atoms with Gasteiger partial charge in [-0.05, 0) is 36.8 Å². The summed E-state index contributed by atoms with van der Waals surface area (Å²) in [4.78, 5) is 8.04. The van der Waals surface area contributed by atoms with Gasteiger partial charge in [-0.15, -0.1) is 0 Å². The highest BCUT2D eigenvalue weighted by Gasteiger charge is 1.96. The highest BCUT2D eigenvalue weighted by atomic mass is 16.5. The first-order valence-electron chi connectivity index (χ1n) is 6.10. The van der Waals surface area contributed by atoms with Gasteiger partial charge in [-0.2, -0.15) is 0 Å². The topological polar surface area (TPSA) is 47.0 Å². The first-order valence-corrected chi connectivity index (χ1v) is 6.10. The Bertz CT molecular complexity index is 456. The van der Waals surface area contributed by atoms with Crippen LogP contribution >= 0.6 is 0 Å². The van der Waals surface area contributed by atoms with Crippen LogP contribution in [-0.4, -0.2) is 16.6 Å². The molecule has 0 spiro atoms. The molecule has 0 saturated carbocycles. The van der Waals surface area contributed by atoms with E-state index in [9.17, 15) is 0 Å². The number of nitrogens with one attached hydrogen (secondary N) is 1. The molecule has 94 valence electrons. The van der Waals surface area contributed by atoms with E-state index in [4.69, 9.17) is 4.74 Å². The smallest absolute Gasteiger partial charge is 0.119 e. The summed E-state index contributed by atoms with van der Waals surface area (Å²) in [5.41, 5.74) is 2.02. The second-order valence-electron chi connectivity index (χ2n) is 3.93. The van der Waals surface area contributed by atoms with Crippen molar-refractivity contribution in [3.63, 3.8) is 0 Å². The number of rotatable bonds is 6. The van der Waals surface area contributed by atoms with Crippen molar-refractivity contribution >= 4 is 5.69 Å². The SMILES string of the molecule is CCCOc1ccc(NCc2ccncn2)cc1. The zero-order chi connectivity index (χ0) is 12.6. The molecule has 1 N–H and O–H groups in total. The minimum Gasteiger partial charge on any atom is -0.494 e. The van der Waals surface area contributed by atoms with Gasteiger partial charge < -0.3 is 10.1 Å². The van der Waals surface area contributed by atoms with E-state index in [1.807, 2.05) is 30.3 Å². The Balaban J connectivity index is 1.86. The van der Waals surface area contributed by atoms with Gasteiger partial charge in [-0.1, -0.05) is 6.92 Å². The molecule has 4 nitrogen and oxygen atoms in total. The highest BCUT2D eigenvalue weighted by molar-refractivity contribution is 5.46. The van der Waals surface area contributed by atoms with Crippen molar-refractivity contribution in [3.05, 3.63) is 48.5 Å². The lowest BCUT2D eigenvalue weighted by Crippen LogP contribution is -2.01. The maximum absolute atomic E-state index is 5.52. The lowest BCUT2D eigenvalue weighted by molar-refractivity contribution is 0.317. The zero-order valence-corrected chi connectivity index (χ0v) is 10.5. The van der Waals surface area contributed by atoms with Crippen molar-refractivity contribution in [3.8, 4) is 5.75 Å². The third-order valence-corrected chi connectivity index (χ3v) is 2.44. The maximum atomic E-state index is 5.52. The van der Waals surface area contributed by atoms with Crippen LogP contribution in [0.15, 0.2) is 42.9 Å². The number of benzene rings is 1. The summed E-state index contributed by atoms with van der Waals surface area (Å²) < 4.78 is 5.52. The third-order valence-electron chi connectivity index (χ3n) is 2.44. The number of ether oxygens (including phenoxy) is 1. The van der Waals surface area contributed by atoms with Crippen LogP contribution in [0.4, 0.5) is 5.69 Å². The van der Waals surface area contributed by atoms with Crippen LogP contribution in [0.25, 0.3) is 0 Å². The maximum Gasteiger partial charge on any atom is 0.119 e. The van der Waals surface area contributed by atoms with Gasteiger partial charge in [-0.3, -0.25) is 0 Å². The van der Waals surface area contributed by atoms with Crippen molar-refractivity contribution < 1.29 is 4.74 Å².